The first-order chi connectivity index (χ1) is 43.5. The van der Waals surface area contributed by atoms with Gasteiger partial charge in [0.05, 0.1) is 39.6 Å². The van der Waals surface area contributed by atoms with Gasteiger partial charge in [0.1, 0.15) is 0 Å². The third kappa shape index (κ3) is 34.3. The molecule has 0 aliphatic carbocycles. The fourth-order valence-electron chi connectivity index (χ4n) is 11.1. The average Bonchev–Trinajstić information content (AvgIpc) is 3.12. The van der Waals surface area contributed by atoms with Gasteiger partial charge in [0.2, 0.25) is 23.4 Å². The van der Waals surface area contributed by atoms with Gasteiger partial charge in [-0.05, 0) is 57.4 Å². The lowest BCUT2D eigenvalue weighted by atomic mass is 10.1. The number of ether oxygens (including phenoxy) is 6. The molecule has 1 aromatic heterocycles. The van der Waals surface area contributed by atoms with Crippen molar-refractivity contribution in [3.05, 3.63) is 61.0 Å². The highest BCUT2D eigenvalue weighted by molar-refractivity contribution is 5.70. The molecule has 0 bridgehead atoms. The molecule has 4 rings (SSSR count). The van der Waals surface area contributed by atoms with Gasteiger partial charge < -0.3 is 39.1 Å². The Kier molecular flexibility index (Phi) is 44.4. The van der Waals surface area contributed by atoms with Crippen LogP contribution in [0.5, 0.6) is 34.5 Å². The van der Waals surface area contributed by atoms with Crippen LogP contribution >= 0.6 is 0 Å². The Labute approximate surface area is 538 Å². The zero-order valence-corrected chi connectivity index (χ0v) is 57.3. The van der Waals surface area contributed by atoms with Crippen LogP contribution in [0.3, 0.4) is 0 Å². The van der Waals surface area contributed by atoms with E-state index in [2.05, 4.69) is 83.4 Å². The highest BCUT2D eigenvalue weighted by atomic mass is 16.5. The van der Waals surface area contributed by atoms with E-state index in [1.807, 2.05) is 24.3 Å². The van der Waals surface area contributed by atoms with Gasteiger partial charge in [0, 0.05) is 41.2 Å². The van der Waals surface area contributed by atoms with Crippen molar-refractivity contribution >= 4 is 23.3 Å². The van der Waals surface area contributed by atoms with E-state index in [9.17, 15) is 0 Å². The normalized spacial score (nSPS) is 11.3. The molecule has 11 nitrogen and oxygen atoms in total. The number of unbranched alkanes of at least 4 members (excludes halogenated alkanes) is 36. The summed E-state index contributed by atoms with van der Waals surface area (Å²) in [6, 6.07) is 16.5. The SMILES string of the molecule is [CH2]Cc1ccc(-c2nc(Nc3cc(OCCCCCCCCC)c(OCCCCCCCCC)c(OCCCCCCCCC)c3)nc(Nc3cc(OCCCCCCCCC)c(OCCCCCCCCC)c(OCCCCCCCCC)c3)n2)cc1. The smallest absolute Gasteiger partial charge is 0.232 e. The molecule has 4 aromatic rings. The predicted octanol–water partition coefficient (Wildman–Crippen LogP) is 24.2. The number of hydrogen-bond acceptors (Lipinski definition) is 11. The Morgan fingerprint density at radius 1 is 0.295 bits per heavy atom. The number of benzene rings is 3. The summed E-state index contributed by atoms with van der Waals surface area (Å²) in [4.78, 5) is 15.4. The van der Waals surface area contributed by atoms with Gasteiger partial charge in [0.25, 0.3) is 0 Å². The number of hydrogen-bond donors (Lipinski definition) is 2. The lowest BCUT2D eigenvalue weighted by molar-refractivity contribution is 0.234. The van der Waals surface area contributed by atoms with E-state index in [1.54, 1.807) is 0 Å². The van der Waals surface area contributed by atoms with Crippen LogP contribution < -0.4 is 39.1 Å². The quantitative estimate of drug-likeness (QED) is 0.0412. The largest absolute Gasteiger partial charge is 0.489 e. The molecule has 3 aromatic carbocycles. The summed E-state index contributed by atoms with van der Waals surface area (Å²) in [5, 5.41) is 7.25. The summed E-state index contributed by atoms with van der Waals surface area (Å²) in [6.45, 7) is 21.4. The van der Waals surface area contributed by atoms with Crippen LogP contribution in [0.1, 0.15) is 317 Å². The summed E-state index contributed by atoms with van der Waals surface area (Å²) in [5.41, 5.74) is 3.49. The minimum Gasteiger partial charge on any atom is -0.489 e. The van der Waals surface area contributed by atoms with Gasteiger partial charge in [-0.2, -0.15) is 15.0 Å². The van der Waals surface area contributed by atoms with Gasteiger partial charge in [-0.15, -0.1) is 0 Å². The van der Waals surface area contributed by atoms with E-state index < -0.39 is 0 Å². The van der Waals surface area contributed by atoms with Crippen LogP contribution in [-0.4, -0.2) is 54.6 Å². The molecule has 1 heterocycles. The van der Waals surface area contributed by atoms with E-state index in [-0.39, 0.29) is 0 Å². The van der Waals surface area contributed by atoms with E-state index in [1.165, 1.54) is 193 Å². The van der Waals surface area contributed by atoms with Crippen molar-refractivity contribution in [2.24, 2.45) is 0 Å². The Balaban J connectivity index is 1.77. The molecule has 0 aliphatic heterocycles. The van der Waals surface area contributed by atoms with Crippen LogP contribution in [0.25, 0.3) is 11.4 Å². The molecule has 0 saturated heterocycles. The van der Waals surface area contributed by atoms with Crippen LogP contribution in [0, 0.1) is 6.92 Å². The third-order valence-electron chi connectivity index (χ3n) is 16.7. The molecule has 0 aliphatic rings. The third-order valence-corrected chi connectivity index (χ3v) is 16.7. The lowest BCUT2D eigenvalue weighted by Gasteiger charge is -2.20. The van der Waals surface area contributed by atoms with Gasteiger partial charge in [-0.3, -0.25) is 0 Å². The van der Waals surface area contributed by atoms with Gasteiger partial charge in [-0.1, -0.05) is 297 Å². The summed E-state index contributed by atoms with van der Waals surface area (Å²) in [7, 11) is 0. The number of nitrogens with zero attached hydrogens (tertiary/aromatic N) is 3. The molecule has 2 N–H and O–H groups in total. The Morgan fingerprint density at radius 3 is 0.784 bits per heavy atom. The van der Waals surface area contributed by atoms with Crippen LogP contribution in [0.15, 0.2) is 48.5 Å². The Morgan fingerprint density at radius 2 is 0.534 bits per heavy atom. The Bertz CT molecular complexity index is 2080. The number of anilines is 4. The molecule has 0 unspecified atom stereocenters. The van der Waals surface area contributed by atoms with Crippen LogP contribution in [-0.2, 0) is 6.42 Å². The molecule has 1 radical (unpaired) electrons. The van der Waals surface area contributed by atoms with Crippen molar-refractivity contribution in [2.45, 2.75) is 318 Å². The van der Waals surface area contributed by atoms with Gasteiger partial charge >= 0.3 is 0 Å². The molecule has 0 saturated carbocycles. The summed E-state index contributed by atoms with van der Waals surface area (Å²) >= 11 is 0. The monoisotopic (exact) mass is 1220 g/mol. The molecule has 0 fully saturated rings. The predicted molar refractivity (Wildman–Crippen MR) is 375 cm³/mol. The molecule has 0 atom stereocenters. The minimum atomic E-state index is 0.377. The first-order valence-corrected chi connectivity index (χ1v) is 36.8. The Hall–Kier alpha value is -4.93. The maximum atomic E-state index is 6.77. The van der Waals surface area contributed by atoms with E-state index >= 15 is 0 Å². The zero-order chi connectivity index (χ0) is 62.6. The van der Waals surface area contributed by atoms with E-state index in [0.717, 1.165) is 99.6 Å². The molecule has 11 heteroatoms. The topological polar surface area (TPSA) is 118 Å². The first-order valence-electron chi connectivity index (χ1n) is 36.8. The molecule has 0 spiro atoms. The molecule has 0 amide bonds. The second-order valence-electron chi connectivity index (χ2n) is 24.9. The van der Waals surface area contributed by atoms with Crippen molar-refractivity contribution in [2.75, 3.05) is 50.3 Å². The summed E-state index contributed by atoms with van der Waals surface area (Å²) < 4.78 is 40.6. The van der Waals surface area contributed by atoms with E-state index in [4.69, 9.17) is 43.4 Å². The summed E-state index contributed by atoms with van der Waals surface area (Å²) in [6.07, 6.45) is 51.3. The minimum absolute atomic E-state index is 0.377. The molecular weight excluding hydrogens is 1090 g/mol. The lowest BCUT2D eigenvalue weighted by Crippen LogP contribution is -2.09. The number of rotatable bonds is 60. The number of nitrogens with one attached hydrogen (secondary N) is 2. The summed E-state index contributed by atoms with van der Waals surface area (Å²) in [5.74, 6) is 5.33. The van der Waals surface area contributed by atoms with Gasteiger partial charge in [0.15, 0.2) is 28.8 Å². The molecular formula is C77H128N5O6. The fraction of sp³-hybridized carbons (Fsp3) is 0.714. The molecule has 497 valence electrons. The highest BCUT2D eigenvalue weighted by Crippen LogP contribution is 2.44. The highest BCUT2D eigenvalue weighted by Gasteiger charge is 2.21. The van der Waals surface area contributed by atoms with Crippen molar-refractivity contribution < 1.29 is 28.4 Å². The molecule has 88 heavy (non-hydrogen) atoms. The fourth-order valence-corrected chi connectivity index (χ4v) is 11.1. The second-order valence-corrected chi connectivity index (χ2v) is 24.9. The van der Waals surface area contributed by atoms with Crippen LogP contribution in [0.2, 0.25) is 0 Å². The first kappa shape index (κ1) is 75.5. The van der Waals surface area contributed by atoms with Crippen molar-refractivity contribution in [1.82, 2.24) is 15.0 Å². The van der Waals surface area contributed by atoms with Crippen molar-refractivity contribution in [3.63, 3.8) is 0 Å². The maximum Gasteiger partial charge on any atom is 0.232 e. The van der Waals surface area contributed by atoms with Crippen molar-refractivity contribution in [3.8, 4) is 45.9 Å². The number of aromatic nitrogens is 3. The second kappa shape index (κ2) is 51.8. The zero-order valence-electron chi connectivity index (χ0n) is 57.3. The maximum absolute atomic E-state index is 6.77. The van der Waals surface area contributed by atoms with Crippen molar-refractivity contribution in [1.29, 1.82) is 0 Å². The van der Waals surface area contributed by atoms with E-state index in [0.29, 0.717) is 98.3 Å². The standard InChI is InChI=1S/C77H128N5O6/c1-8-15-21-27-33-39-45-55-83-69-61-67(62-70(84-56-46-40-34-28-22-16-9-2)73(69)87-59-49-43-37-31-25-19-12-5)78-76-80-75(66-53-51-65(14-7)52-54-66)81-77(82-76)79-68-63-71(85-57-47-41-35-29-23-17-10-3)74(88-60-50-44-38-32-26-20-13-6)72(64-68)86-58-48-42-36-30-24-18-11-4/h51-54,61-64H,7-50,55-60H2,1-6H3,(H2,78,79,80,81,82). The van der Waals surface area contributed by atoms with Gasteiger partial charge in [-0.25, -0.2) is 0 Å². The van der Waals surface area contributed by atoms with Crippen LogP contribution in [0.4, 0.5) is 23.3 Å². The average molecular weight is 1220 g/mol.